The lowest BCUT2D eigenvalue weighted by Crippen LogP contribution is -2.21. The van der Waals surface area contributed by atoms with Gasteiger partial charge in [0.25, 0.3) is 0 Å². The van der Waals surface area contributed by atoms with E-state index in [1.807, 2.05) is 6.92 Å². The fourth-order valence-corrected chi connectivity index (χ4v) is 2.76. The Morgan fingerprint density at radius 3 is 2.85 bits per heavy atom. The van der Waals surface area contributed by atoms with E-state index < -0.39 is 0 Å². The smallest absolute Gasteiger partial charge is 0.108 e. The fraction of sp³-hybridized carbons (Fsp3) is 0.636. The van der Waals surface area contributed by atoms with Crippen LogP contribution in [0.15, 0.2) is 16.5 Å². The van der Waals surface area contributed by atoms with E-state index >= 15 is 0 Å². The molecule has 0 spiro atoms. The number of rotatable bonds is 1. The Kier molecular flexibility index (Phi) is 1.53. The molecule has 2 aliphatic heterocycles. The van der Waals surface area contributed by atoms with Crippen LogP contribution >= 0.6 is 0 Å². The van der Waals surface area contributed by atoms with Gasteiger partial charge < -0.3 is 9.32 Å². The van der Waals surface area contributed by atoms with Crippen molar-refractivity contribution in [1.29, 1.82) is 0 Å². The maximum absolute atomic E-state index is 5.69. The maximum atomic E-state index is 5.69. The van der Waals surface area contributed by atoms with Crippen molar-refractivity contribution in [2.24, 2.45) is 5.92 Å². The molecule has 1 aromatic rings. The van der Waals surface area contributed by atoms with E-state index in [1.165, 1.54) is 31.8 Å². The van der Waals surface area contributed by atoms with E-state index in [0.717, 1.165) is 11.7 Å². The molecule has 3 atom stereocenters. The molecule has 2 saturated heterocycles. The fourth-order valence-electron chi connectivity index (χ4n) is 2.76. The number of fused-ring (bicyclic) bond motifs is 2. The topological polar surface area (TPSA) is 16.4 Å². The third-order valence-electron chi connectivity index (χ3n) is 3.46. The second-order valence-corrected chi connectivity index (χ2v) is 4.36. The molecule has 0 N–H and O–H groups in total. The van der Waals surface area contributed by atoms with Gasteiger partial charge in [0.05, 0.1) is 0 Å². The number of aryl methyl sites for hydroxylation is 1. The summed E-state index contributed by atoms with van der Waals surface area (Å²) < 4.78 is 5.69. The molecular formula is C11H15NO. The van der Waals surface area contributed by atoms with Gasteiger partial charge in [0.2, 0.25) is 0 Å². The van der Waals surface area contributed by atoms with Gasteiger partial charge in [-0.15, -0.1) is 0 Å². The van der Waals surface area contributed by atoms with Crippen molar-refractivity contribution in [3.63, 3.8) is 0 Å². The predicted octanol–water partition coefficient (Wildman–Crippen LogP) is 2.01. The molecule has 3 heterocycles. The average molecular weight is 177 g/mol. The van der Waals surface area contributed by atoms with Crippen LogP contribution in [0.5, 0.6) is 0 Å². The minimum atomic E-state index is 0.683. The highest BCUT2D eigenvalue weighted by atomic mass is 16.3. The summed E-state index contributed by atoms with van der Waals surface area (Å²) in [4.78, 5) is 2.55. The van der Waals surface area contributed by atoms with E-state index in [-0.39, 0.29) is 0 Å². The lowest BCUT2D eigenvalue weighted by atomic mass is 9.91. The quantitative estimate of drug-likeness (QED) is 0.652. The number of nitrogens with zero attached hydrogens (tertiary/aromatic N) is 1. The summed E-state index contributed by atoms with van der Waals surface area (Å²) >= 11 is 0. The largest absolute Gasteiger partial charge is 0.466 e. The summed E-state index contributed by atoms with van der Waals surface area (Å²) in [5, 5.41) is 0. The van der Waals surface area contributed by atoms with Gasteiger partial charge >= 0.3 is 0 Å². The summed E-state index contributed by atoms with van der Waals surface area (Å²) in [6, 6.07) is 4.23. The van der Waals surface area contributed by atoms with E-state index in [4.69, 9.17) is 4.42 Å². The molecule has 2 bridgehead atoms. The highest BCUT2D eigenvalue weighted by Crippen LogP contribution is 2.39. The maximum Gasteiger partial charge on any atom is 0.108 e. The normalized spacial score (nSPS) is 37.2. The molecule has 1 aromatic heterocycles. The van der Waals surface area contributed by atoms with E-state index in [0.29, 0.717) is 5.92 Å². The van der Waals surface area contributed by atoms with Crippen molar-refractivity contribution in [2.45, 2.75) is 19.3 Å². The van der Waals surface area contributed by atoms with Crippen LogP contribution in [-0.4, -0.2) is 24.5 Å². The highest BCUT2D eigenvalue weighted by molar-refractivity contribution is 5.15. The molecule has 70 valence electrons. The van der Waals surface area contributed by atoms with Crippen LogP contribution < -0.4 is 0 Å². The van der Waals surface area contributed by atoms with Crippen LogP contribution in [0.1, 0.15) is 23.9 Å². The molecule has 0 saturated carbocycles. The van der Waals surface area contributed by atoms with E-state index in [2.05, 4.69) is 17.0 Å². The van der Waals surface area contributed by atoms with Gasteiger partial charge in [-0.3, -0.25) is 0 Å². The Hall–Kier alpha value is -0.760. The molecule has 0 amide bonds. The van der Waals surface area contributed by atoms with Crippen molar-refractivity contribution in [3.8, 4) is 0 Å². The third-order valence-corrected chi connectivity index (χ3v) is 3.46. The first-order valence-electron chi connectivity index (χ1n) is 5.11. The van der Waals surface area contributed by atoms with Crippen LogP contribution in [0.3, 0.4) is 0 Å². The van der Waals surface area contributed by atoms with Crippen LogP contribution in [0.25, 0.3) is 0 Å². The minimum absolute atomic E-state index is 0.683. The van der Waals surface area contributed by atoms with Crippen molar-refractivity contribution < 1.29 is 4.42 Å². The van der Waals surface area contributed by atoms with Crippen molar-refractivity contribution >= 4 is 0 Å². The minimum Gasteiger partial charge on any atom is -0.466 e. The van der Waals surface area contributed by atoms with Crippen molar-refractivity contribution in [2.75, 3.05) is 19.6 Å². The molecule has 0 aromatic carbocycles. The zero-order chi connectivity index (χ0) is 8.84. The monoisotopic (exact) mass is 177 g/mol. The lowest BCUT2D eigenvalue weighted by molar-refractivity contribution is 0.318. The SMILES string of the molecule is Cc1ccc(C2CN3CCC2C3)o1. The second-order valence-electron chi connectivity index (χ2n) is 4.36. The summed E-state index contributed by atoms with van der Waals surface area (Å²) in [5.74, 6) is 3.81. The van der Waals surface area contributed by atoms with Gasteiger partial charge in [0.1, 0.15) is 11.5 Å². The molecular weight excluding hydrogens is 162 g/mol. The van der Waals surface area contributed by atoms with Crippen molar-refractivity contribution in [1.82, 2.24) is 4.90 Å². The standard InChI is InChI=1S/C11H15NO/c1-8-2-3-11(13-8)10-7-12-5-4-9(10)6-12/h2-3,9-10H,4-7H2,1H3. The molecule has 0 aliphatic carbocycles. The Bertz CT molecular complexity index is 318. The van der Waals surface area contributed by atoms with Crippen LogP contribution in [0.2, 0.25) is 0 Å². The predicted molar refractivity (Wildman–Crippen MR) is 50.7 cm³/mol. The molecule has 0 radical (unpaired) electrons. The molecule has 2 aliphatic rings. The van der Waals surface area contributed by atoms with Gasteiger partial charge in [-0.25, -0.2) is 0 Å². The Balaban J connectivity index is 1.87. The zero-order valence-electron chi connectivity index (χ0n) is 7.99. The molecule has 3 unspecified atom stereocenters. The average Bonchev–Trinajstić information content (AvgIpc) is 2.77. The van der Waals surface area contributed by atoms with E-state index in [1.54, 1.807) is 0 Å². The number of piperidine rings is 1. The summed E-state index contributed by atoms with van der Waals surface area (Å²) in [6.07, 6.45) is 1.37. The molecule has 3 rings (SSSR count). The van der Waals surface area contributed by atoms with Crippen molar-refractivity contribution in [3.05, 3.63) is 23.7 Å². The van der Waals surface area contributed by atoms with Crippen LogP contribution in [-0.2, 0) is 0 Å². The molecule has 2 fully saturated rings. The van der Waals surface area contributed by atoms with Gasteiger partial charge in [-0.05, 0) is 37.9 Å². The summed E-state index contributed by atoms with van der Waals surface area (Å²) in [5.41, 5.74) is 0. The molecule has 2 nitrogen and oxygen atoms in total. The second kappa shape index (κ2) is 2.61. The summed E-state index contributed by atoms with van der Waals surface area (Å²) in [6.45, 7) is 5.85. The Morgan fingerprint density at radius 1 is 1.38 bits per heavy atom. The van der Waals surface area contributed by atoms with E-state index in [9.17, 15) is 0 Å². The number of hydrogen-bond acceptors (Lipinski definition) is 2. The van der Waals surface area contributed by atoms with Gasteiger partial charge in [0, 0.05) is 19.0 Å². The van der Waals surface area contributed by atoms with Crippen LogP contribution in [0, 0.1) is 12.8 Å². The number of hydrogen-bond donors (Lipinski definition) is 0. The molecule has 13 heavy (non-hydrogen) atoms. The Labute approximate surface area is 78.5 Å². The molecule has 2 heteroatoms. The number of furan rings is 1. The first kappa shape index (κ1) is 7.63. The van der Waals surface area contributed by atoms with Gasteiger partial charge in [-0.2, -0.15) is 0 Å². The first-order chi connectivity index (χ1) is 6.33. The third kappa shape index (κ3) is 1.12. The lowest BCUT2D eigenvalue weighted by Gasteiger charge is -2.19. The zero-order valence-corrected chi connectivity index (χ0v) is 7.99. The van der Waals surface area contributed by atoms with Gasteiger partial charge in [0.15, 0.2) is 0 Å². The van der Waals surface area contributed by atoms with Crippen LogP contribution in [0.4, 0.5) is 0 Å². The summed E-state index contributed by atoms with van der Waals surface area (Å²) in [7, 11) is 0. The van der Waals surface area contributed by atoms with Gasteiger partial charge in [-0.1, -0.05) is 0 Å². The first-order valence-corrected chi connectivity index (χ1v) is 5.11. The Morgan fingerprint density at radius 2 is 2.31 bits per heavy atom. The highest BCUT2D eigenvalue weighted by Gasteiger charge is 2.39.